The molecule has 0 saturated carbocycles. The van der Waals surface area contributed by atoms with Crippen LogP contribution in [0.3, 0.4) is 0 Å². The average molecular weight is 481 g/mol. The number of hydrogen-bond donors (Lipinski definition) is 3. The Labute approximate surface area is 194 Å². The van der Waals surface area contributed by atoms with E-state index >= 15 is 0 Å². The van der Waals surface area contributed by atoms with Crippen molar-refractivity contribution in [1.29, 1.82) is 0 Å². The lowest BCUT2D eigenvalue weighted by molar-refractivity contribution is -0.114. The maximum atomic E-state index is 12.5. The zero-order valence-corrected chi connectivity index (χ0v) is 19.2. The van der Waals surface area contributed by atoms with Gasteiger partial charge in [0.15, 0.2) is 0 Å². The Morgan fingerprint density at radius 1 is 1.06 bits per heavy atom. The number of primary sulfonamides is 1. The number of amides is 2. The number of aryl methyl sites for hydroxylation is 1. The van der Waals surface area contributed by atoms with Gasteiger partial charge in [-0.1, -0.05) is 24.3 Å². The van der Waals surface area contributed by atoms with Gasteiger partial charge in [0.1, 0.15) is 0 Å². The van der Waals surface area contributed by atoms with Crippen LogP contribution < -0.4 is 15.8 Å². The summed E-state index contributed by atoms with van der Waals surface area (Å²) in [5.41, 5.74) is 5.62. The van der Waals surface area contributed by atoms with Crippen molar-refractivity contribution in [1.82, 2.24) is 15.6 Å². The molecule has 1 aromatic heterocycles. The molecule has 0 unspecified atom stereocenters. The lowest BCUT2D eigenvalue weighted by atomic mass is 9.93. The van der Waals surface area contributed by atoms with E-state index in [9.17, 15) is 18.0 Å². The van der Waals surface area contributed by atoms with Crippen LogP contribution in [0.4, 0.5) is 0 Å². The molecular formula is C23H20N4O4S2. The number of imide groups is 1. The molecule has 8 nitrogen and oxygen atoms in total. The Kier molecular flexibility index (Phi) is 6.23. The van der Waals surface area contributed by atoms with E-state index in [1.807, 2.05) is 25.1 Å². The molecule has 3 aromatic rings. The highest BCUT2D eigenvalue weighted by Crippen LogP contribution is 2.26. The molecule has 1 aliphatic heterocycles. The van der Waals surface area contributed by atoms with Crippen LogP contribution in [0.2, 0.25) is 0 Å². The molecule has 0 fully saturated rings. The summed E-state index contributed by atoms with van der Waals surface area (Å²) in [5.74, 6) is -0.941. The molecule has 0 aliphatic carbocycles. The Hall–Kier alpha value is -3.60. The van der Waals surface area contributed by atoms with Crippen LogP contribution in [0.25, 0.3) is 17.7 Å². The number of nitrogens with one attached hydrogen (secondary N) is 2. The van der Waals surface area contributed by atoms with Gasteiger partial charge in [-0.05, 0) is 48.4 Å². The summed E-state index contributed by atoms with van der Waals surface area (Å²) < 4.78 is 22.8. The van der Waals surface area contributed by atoms with Gasteiger partial charge < -0.3 is 5.32 Å². The third-order valence-electron chi connectivity index (χ3n) is 5.06. The van der Waals surface area contributed by atoms with Crippen LogP contribution in [0.5, 0.6) is 0 Å². The summed E-state index contributed by atoms with van der Waals surface area (Å²) in [5, 5.41) is 10.5. The number of rotatable bonds is 6. The second-order valence-corrected chi connectivity index (χ2v) is 9.80. The molecule has 0 saturated heterocycles. The molecule has 0 atom stereocenters. The Morgan fingerprint density at radius 3 is 2.48 bits per heavy atom. The fraction of sp³-hybridized carbons (Fsp3) is 0.0870. The number of fused-ring (bicyclic) bond motifs is 1. The predicted molar refractivity (Wildman–Crippen MR) is 127 cm³/mol. The average Bonchev–Trinajstić information content (AvgIpc) is 3.18. The summed E-state index contributed by atoms with van der Waals surface area (Å²) in [4.78, 5) is 30.1. The third kappa shape index (κ3) is 5.08. The minimum atomic E-state index is -3.75. The van der Waals surface area contributed by atoms with Crippen LogP contribution in [0.15, 0.2) is 59.1 Å². The number of nitrogens with two attached hydrogens (primary N) is 1. The summed E-state index contributed by atoms with van der Waals surface area (Å²) in [6.07, 6.45) is 5.41. The first-order chi connectivity index (χ1) is 15.7. The highest BCUT2D eigenvalue weighted by molar-refractivity contribution is 7.89. The highest BCUT2D eigenvalue weighted by Gasteiger charge is 2.27. The lowest BCUT2D eigenvalue weighted by Crippen LogP contribution is -2.37. The van der Waals surface area contributed by atoms with E-state index in [1.165, 1.54) is 23.5 Å². The number of benzene rings is 2. The van der Waals surface area contributed by atoms with E-state index in [4.69, 9.17) is 5.14 Å². The smallest absolute Gasteiger partial charge is 0.260 e. The van der Waals surface area contributed by atoms with Gasteiger partial charge in [0.05, 0.1) is 21.7 Å². The minimum absolute atomic E-state index is 0.0258. The Bertz CT molecular complexity index is 1400. The number of aromatic nitrogens is 1. The molecule has 0 bridgehead atoms. The highest BCUT2D eigenvalue weighted by atomic mass is 32.2. The van der Waals surface area contributed by atoms with Gasteiger partial charge in [-0.25, -0.2) is 18.5 Å². The molecule has 168 valence electrons. The number of carbonyl (C=O) groups is 2. The van der Waals surface area contributed by atoms with Crippen molar-refractivity contribution in [3.63, 3.8) is 0 Å². The first-order valence-electron chi connectivity index (χ1n) is 9.86. The molecule has 2 heterocycles. The van der Waals surface area contributed by atoms with Crippen LogP contribution >= 0.6 is 11.3 Å². The standard InChI is InChI=1S/C23H20N4O4S2/c1-14-21(32-13-26-14)9-5-15-4-8-18-19(10-15)20(23(29)27-22(18)28)12-25-11-16-2-6-17(7-3-16)33(24,30)31/h2-10,12-13,25H,11H2,1H3,(H2,24,30,31)(H,27,28,29). The van der Waals surface area contributed by atoms with E-state index in [1.54, 1.807) is 36.0 Å². The Morgan fingerprint density at radius 2 is 1.82 bits per heavy atom. The van der Waals surface area contributed by atoms with Gasteiger partial charge in [0.25, 0.3) is 11.8 Å². The molecule has 4 rings (SSSR count). The van der Waals surface area contributed by atoms with Gasteiger partial charge >= 0.3 is 0 Å². The number of carbonyl (C=O) groups excluding carboxylic acids is 2. The second kappa shape index (κ2) is 9.10. The van der Waals surface area contributed by atoms with Crippen LogP contribution in [-0.4, -0.2) is 25.2 Å². The van der Waals surface area contributed by atoms with Gasteiger partial charge in [-0.2, -0.15) is 0 Å². The zero-order chi connectivity index (χ0) is 23.6. The first kappa shape index (κ1) is 22.6. The van der Waals surface area contributed by atoms with Crippen molar-refractivity contribution in [3.05, 3.63) is 87.0 Å². The number of sulfonamides is 1. The summed E-state index contributed by atoms with van der Waals surface area (Å²) in [6.45, 7) is 2.27. The summed E-state index contributed by atoms with van der Waals surface area (Å²) in [6, 6.07) is 11.4. The van der Waals surface area contributed by atoms with Gasteiger partial charge in [0, 0.05) is 28.7 Å². The van der Waals surface area contributed by atoms with Crippen LogP contribution in [0, 0.1) is 6.92 Å². The number of thiazole rings is 1. The SMILES string of the molecule is Cc1ncsc1C=Cc1ccc2c(c1)C(=CNCc1ccc(S(N)(=O)=O)cc1)C(=O)NC2=O. The fourth-order valence-corrected chi connectivity index (χ4v) is 4.51. The largest absolute Gasteiger partial charge is 0.386 e. The van der Waals surface area contributed by atoms with Gasteiger partial charge in [-0.15, -0.1) is 11.3 Å². The third-order valence-corrected chi connectivity index (χ3v) is 6.89. The second-order valence-electron chi connectivity index (χ2n) is 7.35. The molecule has 4 N–H and O–H groups in total. The number of hydrogen-bond acceptors (Lipinski definition) is 7. The van der Waals surface area contributed by atoms with Crippen molar-refractivity contribution in [2.45, 2.75) is 18.4 Å². The van der Waals surface area contributed by atoms with Gasteiger partial charge in [-0.3, -0.25) is 14.9 Å². The van der Waals surface area contributed by atoms with E-state index in [2.05, 4.69) is 15.6 Å². The normalized spacial score (nSPS) is 15.0. The van der Waals surface area contributed by atoms with Crippen molar-refractivity contribution in [2.24, 2.45) is 5.14 Å². The van der Waals surface area contributed by atoms with E-state index in [0.717, 1.165) is 21.7 Å². The molecule has 33 heavy (non-hydrogen) atoms. The van der Waals surface area contributed by atoms with E-state index in [0.29, 0.717) is 23.2 Å². The fourth-order valence-electron chi connectivity index (χ4n) is 3.30. The molecule has 0 radical (unpaired) electrons. The van der Waals surface area contributed by atoms with Crippen molar-refractivity contribution >= 4 is 50.9 Å². The maximum absolute atomic E-state index is 12.5. The monoisotopic (exact) mass is 480 g/mol. The molecular weight excluding hydrogens is 460 g/mol. The first-order valence-corrected chi connectivity index (χ1v) is 12.3. The van der Waals surface area contributed by atoms with Crippen molar-refractivity contribution in [3.8, 4) is 0 Å². The predicted octanol–water partition coefficient (Wildman–Crippen LogP) is 2.67. The van der Waals surface area contributed by atoms with Crippen molar-refractivity contribution < 1.29 is 18.0 Å². The van der Waals surface area contributed by atoms with E-state index < -0.39 is 21.8 Å². The molecule has 2 aromatic carbocycles. The molecule has 0 spiro atoms. The Balaban J connectivity index is 1.57. The summed E-state index contributed by atoms with van der Waals surface area (Å²) >= 11 is 1.53. The number of nitrogens with zero attached hydrogens (tertiary/aromatic N) is 1. The van der Waals surface area contributed by atoms with Crippen LogP contribution in [-0.2, 0) is 21.4 Å². The minimum Gasteiger partial charge on any atom is -0.386 e. The lowest BCUT2D eigenvalue weighted by Gasteiger charge is -2.19. The quantitative estimate of drug-likeness (QED) is 0.367. The topological polar surface area (TPSA) is 131 Å². The van der Waals surface area contributed by atoms with Crippen molar-refractivity contribution in [2.75, 3.05) is 0 Å². The van der Waals surface area contributed by atoms with Crippen LogP contribution in [0.1, 0.15) is 37.6 Å². The van der Waals surface area contributed by atoms with E-state index in [-0.39, 0.29) is 4.90 Å². The maximum Gasteiger partial charge on any atom is 0.260 e. The zero-order valence-electron chi connectivity index (χ0n) is 17.5. The molecule has 10 heteroatoms. The van der Waals surface area contributed by atoms with Gasteiger partial charge in [0.2, 0.25) is 10.0 Å². The summed E-state index contributed by atoms with van der Waals surface area (Å²) in [7, 11) is -3.75. The molecule has 1 aliphatic rings. The molecule has 2 amide bonds.